The Morgan fingerprint density at radius 3 is 2.50 bits per heavy atom. The van der Waals surface area contributed by atoms with Gasteiger partial charge in [-0.2, -0.15) is 0 Å². The minimum absolute atomic E-state index is 0.0715. The van der Waals surface area contributed by atoms with E-state index in [1.54, 1.807) is 45.9 Å². The van der Waals surface area contributed by atoms with Gasteiger partial charge in [0.1, 0.15) is 23.3 Å². The Bertz CT molecular complexity index is 919. The van der Waals surface area contributed by atoms with Gasteiger partial charge in [-0.05, 0) is 32.9 Å². The van der Waals surface area contributed by atoms with Crippen LogP contribution in [0.4, 0.5) is 9.18 Å². The molecule has 8 nitrogen and oxygen atoms in total. The van der Waals surface area contributed by atoms with Crippen molar-refractivity contribution in [1.29, 1.82) is 0 Å². The quantitative estimate of drug-likeness (QED) is 0.600. The molecule has 30 heavy (non-hydrogen) atoms. The molecule has 0 spiro atoms. The monoisotopic (exact) mass is 419 g/mol. The third-order valence-electron chi connectivity index (χ3n) is 4.19. The van der Waals surface area contributed by atoms with Crippen LogP contribution in [0.1, 0.15) is 52.3 Å². The molecule has 0 aliphatic rings. The van der Waals surface area contributed by atoms with Crippen molar-refractivity contribution in [2.75, 3.05) is 0 Å². The number of nitrogens with one attached hydrogen (secondary N) is 2. The first-order valence-corrected chi connectivity index (χ1v) is 9.50. The highest BCUT2D eigenvalue weighted by molar-refractivity contribution is 5.91. The summed E-state index contributed by atoms with van der Waals surface area (Å²) in [5.41, 5.74) is 0.0346. The highest BCUT2D eigenvalue weighted by Gasteiger charge is 2.28. The number of hydrogen-bond donors (Lipinski definition) is 3. The van der Waals surface area contributed by atoms with Crippen LogP contribution in [0.5, 0.6) is 0 Å². The average molecular weight is 419 g/mol. The molecule has 0 radical (unpaired) electrons. The maximum atomic E-state index is 14.0. The lowest BCUT2D eigenvalue weighted by molar-refractivity contribution is -0.139. The zero-order valence-corrected chi connectivity index (χ0v) is 17.4. The molecule has 0 aliphatic carbocycles. The van der Waals surface area contributed by atoms with Crippen molar-refractivity contribution in [3.8, 4) is 11.3 Å². The number of imidazole rings is 1. The number of aliphatic carboxylic acids is 1. The predicted molar refractivity (Wildman–Crippen MR) is 107 cm³/mol. The summed E-state index contributed by atoms with van der Waals surface area (Å²) < 4.78 is 19.1. The first kappa shape index (κ1) is 23.1. The largest absolute Gasteiger partial charge is 0.481 e. The lowest BCUT2D eigenvalue weighted by Gasteiger charge is -2.23. The number of ketones is 1. The SMILES string of the molecule is C[C@H](CC(=O)[C@H](CC(=O)O)NC(=O)OC(C)(C)C)c1ncc(-c2ccccc2F)[nH]1. The molecular formula is C21H26FN3O5. The van der Waals surface area contributed by atoms with Crippen LogP contribution in [0.3, 0.4) is 0 Å². The van der Waals surface area contributed by atoms with E-state index in [4.69, 9.17) is 9.84 Å². The average Bonchev–Trinajstić information content (AvgIpc) is 3.09. The number of ether oxygens (including phenoxy) is 1. The van der Waals surface area contributed by atoms with E-state index in [2.05, 4.69) is 15.3 Å². The van der Waals surface area contributed by atoms with E-state index < -0.39 is 47.6 Å². The number of hydrogen-bond acceptors (Lipinski definition) is 5. The van der Waals surface area contributed by atoms with Crippen LogP contribution in [-0.2, 0) is 14.3 Å². The van der Waals surface area contributed by atoms with Gasteiger partial charge < -0.3 is 20.1 Å². The minimum Gasteiger partial charge on any atom is -0.481 e. The fourth-order valence-electron chi connectivity index (χ4n) is 2.81. The van der Waals surface area contributed by atoms with Crippen LogP contribution in [-0.4, -0.2) is 44.6 Å². The molecular weight excluding hydrogens is 393 g/mol. The molecule has 2 rings (SSSR count). The Balaban J connectivity index is 2.08. The highest BCUT2D eigenvalue weighted by Crippen LogP contribution is 2.24. The molecule has 0 saturated carbocycles. The van der Waals surface area contributed by atoms with E-state index in [-0.39, 0.29) is 6.42 Å². The van der Waals surface area contributed by atoms with Crippen LogP contribution < -0.4 is 5.32 Å². The summed E-state index contributed by atoms with van der Waals surface area (Å²) in [5, 5.41) is 11.4. The Labute approximate surface area is 173 Å². The standard InChI is InChI=1S/C21H26FN3O5/c1-12(19-23-11-16(24-19)13-7-5-6-8-14(13)22)9-17(26)15(10-18(27)28)25-20(29)30-21(2,3)4/h5-8,11-12,15H,9-10H2,1-4H3,(H,23,24)(H,25,29)(H,27,28)/t12-,15+/m1/s1. The van der Waals surface area contributed by atoms with Crippen LogP contribution in [0.15, 0.2) is 30.5 Å². The van der Waals surface area contributed by atoms with Gasteiger partial charge in [-0.1, -0.05) is 19.1 Å². The van der Waals surface area contributed by atoms with Crippen LogP contribution in [0.25, 0.3) is 11.3 Å². The van der Waals surface area contributed by atoms with Crippen molar-refractivity contribution in [2.24, 2.45) is 0 Å². The summed E-state index contributed by atoms with van der Waals surface area (Å²) in [4.78, 5) is 43.0. The zero-order valence-electron chi connectivity index (χ0n) is 17.4. The third-order valence-corrected chi connectivity index (χ3v) is 4.19. The van der Waals surface area contributed by atoms with Gasteiger partial charge >= 0.3 is 12.1 Å². The van der Waals surface area contributed by atoms with Gasteiger partial charge in [0, 0.05) is 17.9 Å². The number of aromatic nitrogens is 2. The van der Waals surface area contributed by atoms with Gasteiger partial charge in [-0.25, -0.2) is 14.2 Å². The third kappa shape index (κ3) is 6.68. The molecule has 9 heteroatoms. The summed E-state index contributed by atoms with van der Waals surface area (Å²) in [6, 6.07) is 4.99. The van der Waals surface area contributed by atoms with Gasteiger partial charge in [-0.3, -0.25) is 9.59 Å². The molecule has 1 heterocycles. The molecule has 0 bridgehead atoms. The van der Waals surface area contributed by atoms with Gasteiger partial charge in [0.05, 0.1) is 18.3 Å². The Kier molecular flexibility index (Phi) is 7.31. The lowest BCUT2D eigenvalue weighted by Crippen LogP contribution is -2.44. The molecule has 1 aromatic carbocycles. The van der Waals surface area contributed by atoms with E-state index in [1.807, 2.05) is 0 Å². The summed E-state index contributed by atoms with van der Waals surface area (Å²) in [6.45, 7) is 6.71. The number of carboxylic acids is 1. The number of aromatic amines is 1. The van der Waals surface area contributed by atoms with E-state index in [0.29, 0.717) is 17.1 Å². The molecule has 2 aromatic rings. The number of H-pyrrole nitrogens is 1. The van der Waals surface area contributed by atoms with Crippen LogP contribution in [0.2, 0.25) is 0 Å². The van der Waals surface area contributed by atoms with Gasteiger partial charge in [0.15, 0.2) is 5.78 Å². The fraction of sp³-hybridized carbons (Fsp3) is 0.429. The van der Waals surface area contributed by atoms with Crippen molar-refractivity contribution >= 4 is 17.8 Å². The zero-order chi connectivity index (χ0) is 22.5. The van der Waals surface area contributed by atoms with Crippen LogP contribution in [0, 0.1) is 5.82 Å². The van der Waals surface area contributed by atoms with E-state index in [1.165, 1.54) is 12.3 Å². The molecule has 1 amide bonds. The molecule has 2 atom stereocenters. The molecule has 0 unspecified atom stereocenters. The number of alkyl carbamates (subject to hydrolysis) is 1. The second kappa shape index (κ2) is 9.51. The smallest absolute Gasteiger partial charge is 0.408 e. The predicted octanol–water partition coefficient (Wildman–Crippen LogP) is 3.65. The van der Waals surface area contributed by atoms with Crippen molar-refractivity contribution < 1.29 is 28.6 Å². The highest BCUT2D eigenvalue weighted by atomic mass is 19.1. The number of carbonyl (C=O) groups excluding carboxylic acids is 2. The van der Waals surface area contributed by atoms with E-state index >= 15 is 0 Å². The second-order valence-corrected chi connectivity index (χ2v) is 8.03. The van der Waals surface area contributed by atoms with Crippen molar-refractivity contribution in [3.63, 3.8) is 0 Å². The summed E-state index contributed by atoms with van der Waals surface area (Å²) in [5.74, 6) is -2.06. The normalized spacial score (nSPS) is 13.4. The van der Waals surface area contributed by atoms with Gasteiger partial charge in [-0.15, -0.1) is 0 Å². The number of rotatable bonds is 8. The number of carbonyl (C=O) groups is 3. The Morgan fingerprint density at radius 2 is 1.90 bits per heavy atom. The summed E-state index contributed by atoms with van der Waals surface area (Å²) in [7, 11) is 0. The lowest BCUT2D eigenvalue weighted by atomic mass is 9.98. The topological polar surface area (TPSA) is 121 Å². The number of halogens is 1. The second-order valence-electron chi connectivity index (χ2n) is 8.03. The molecule has 0 fully saturated rings. The number of amides is 1. The molecule has 1 aromatic heterocycles. The molecule has 0 saturated heterocycles. The maximum Gasteiger partial charge on any atom is 0.408 e. The first-order valence-electron chi connectivity index (χ1n) is 9.50. The fourth-order valence-corrected chi connectivity index (χ4v) is 2.81. The number of Topliss-reactive ketones (excluding diaryl/α,β-unsaturated/α-hetero) is 1. The van der Waals surface area contributed by atoms with E-state index in [0.717, 1.165) is 0 Å². The number of carboxylic acid groups (broad SMARTS) is 1. The number of nitrogens with zero attached hydrogens (tertiary/aromatic N) is 1. The van der Waals surface area contributed by atoms with Gasteiger partial charge in [0.2, 0.25) is 0 Å². The van der Waals surface area contributed by atoms with Gasteiger partial charge in [0.25, 0.3) is 0 Å². The summed E-state index contributed by atoms with van der Waals surface area (Å²) >= 11 is 0. The molecule has 3 N–H and O–H groups in total. The summed E-state index contributed by atoms with van der Waals surface area (Å²) in [6.07, 6.45) is -0.0290. The van der Waals surface area contributed by atoms with Crippen molar-refractivity contribution in [3.05, 3.63) is 42.1 Å². The van der Waals surface area contributed by atoms with Crippen molar-refractivity contribution in [2.45, 2.75) is 58.1 Å². The van der Waals surface area contributed by atoms with E-state index in [9.17, 15) is 18.8 Å². The molecule has 0 aliphatic heterocycles. The van der Waals surface area contributed by atoms with Crippen LogP contribution >= 0.6 is 0 Å². The first-order chi connectivity index (χ1) is 14.0. The Morgan fingerprint density at radius 1 is 1.23 bits per heavy atom. The minimum atomic E-state index is -1.24. The number of benzene rings is 1. The maximum absolute atomic E-state index is 14.0. The molecule has 162 valence electrons. The van der Waals surface area contributed by atoms with Crippen molar-refractivity contribution in [1.82, 2.24) is 15.3 Å². The Hall–Kier alpha value is -3.23.